The van der Waals surface area contributed by atoms with Gasteiger partial charge in [0, 0.05) is 0 Å². The van der Waals surface area contributed by atoms with E-state index in [1.54, 1.807) is 6.92 Å². The predicted molar refractivity (Wildman–Crippen MR) is 56.6 cm³/mol. The molecule has 3 N–H and O–H groups in total. The number of benzene rings is 1. The molecule has 0 bridgehead atoms. The van der Waals surface area contributed by atoms with E-state index in [1.807, 2.05) is 6.92 Å². The summed E-state index contributed by atoms with van der Waals surface area (Å²) in [4.78, 5) is 11.5. The fourth-order valence-corrected chi connectivity index (χ4v) is 0.882. The summed E-state index contributed by atoms with van der Waals surface area (Å²) in [6.45, 7) is 3.44. The lowest BCUT2D eigenvalue weighted by atomic mass is 10.0. The fraction of sp³-hybridized carbons (Fsp3) is 0.364. The Bertz CT molecular complexity index is 343. The maximum Gasteiger partial charge on any atom is 0.331 e. The molecule has 0 radical (unpaired) electrons. The van der Waals surface area contributed by atoms with Crippen LogP contribution >= 0.6 is 0 Å². The first-order chi connectivity index (χ1) is 6.95. The van der Waals surface area contributed by atoms with Crippen LogP contribution in [0.3, 0.4) is 0 Å². The molecule has 0 aromatic heterocycles. The Labute approximate surface area is 88.7 Å². The van der Waals surface area contributed by atoms with E-state index in [-0.39, 0.29) is 5.75 Å². The number of phenolic OH excluding ortho intramolecular Hbond substituents is 1. The zero-order chi connectivity index (χ0) is 11.5. The summed E-state index contributed by atoms with van der Waals surface area (Å²) in [6, 6.07) is 5.92. The lowest BCUT2D eigenvalue weighted by Crippen LogP contribution is -2.46. The monoisotopic (exact) mass is 209 g/mol. The second kappa shape index (κ2) is 4.31. The normalized spacial score (nSPS) is 14.3. The largest absolute Gasteiger partial charge is 0.508 e. The highest BCUT2D eigenvalue weighted by Crippen LogP contribution is 2.18. The van der Waals surface area contributed by atoms with Crippen molar-refractivity contribution >= 4 is 5.97 Å². The predicted octanol–water partition coefficient (Wildman–Crippen LogP) is 1.42. The topological polar surface area (TPSA) is 72.6 Å². The molecule has 0 spiro atoms. The molecular formula is C11H15NO3. The number of nitrogens with two attached hydrogens (primary N) is 1. The van der Waals surface area contributed by atoms with E-state index >= 15 is 0 Å². The number of carbonyl (C=O) groups excluding carboxylic acids is 1. The molecule has 0 amide bonds. The lowest BCUT2D eigenvalue weighted by molar-refractivity contribution is -0.139. The molecule has 0 aliphatic heterocycles. The minimum absolute atomic E-state index is 0.126. The first kappa shape index (κ1) is 11.5. The van der Waals surface area contributed by atoms with Crippen LogP contribution in [0, 0.1) is 0 Å². The zero-order valence-electron chi connectivity index (χ0n) is 8.86. The van der Waals surface area contributed by atoms with Gasteiger partial charge in [0.2, 0.25) is 0 Å². The van der Waals surface area contributed by atoms with Crippen LogP contribution in [0.2, 0.25) is 0 Å². The summed E-state index contributed by atoms with van der Waals surface area (Å²) in [7, 11) is 0. The molecule has 4 heteroatoms. The molecule has 0 aliphatic rings. The van der Waals surface area contributed by atoms with Crippen LogP contribution in [0.4, 0.5) is 0 Å². The van der Waals surface area contributed by atoms with Gasteiger partial charge in [-0.3, -0.25) is 0 Å². The van der Waals surface area contributed by atoms with Gasteiger partial charge < -0.3 is 15.6 Å². The van der Waals surface area contributed by atoms with Crippen molar-refractivity contribution in [3.8, 4) is 11.5 Å². The van der Waals surface area contributed by atoms with Crippen molar-refractivity contribution in [2.75, 3.05) is 0 Å². The number of ether oxygens (including phenoxy) is 1. The molecule has 1 aromatic carbocycles. The molecular weight excluding hydrogens is 194 g/mol. The molecule has 1 aromatic rings. The Morgan fingerprint density at radius 3 is 2.47 bits per heavy atom. The van der Waals surface area contributed by atoms with E-state index < -0.39 is 11.5 Å². The first-order valence-electron chi connectivity index (χ1n) is 4.76. The Hall–Kier alpha value is -1.55. The number of hydrogen-bond donors (Lipinski definition) is 2. The number of hydrogen-bond acceptors (Lipinski definition) is 4. The molecule has 1 rings (SSSR count). The highest BCUT2D eigenvalue weighted by molar-refractivity contribution is 5.82. The smallest absolute Gasteiger partial charge is 0.331 e. The fourth-order valence-electron chi connectivity index (χ4n) is 0.882. The van der Waals surface area contributed by atoms with Gasteiger partial charge in [-0.2, -0.15) is 0 Å². The van der Waals surface area contributed by atoms with E-state index in [9.17, 15) is 4.79 Å². The SMILES string of the molecule is CCC(C)(N)C(=O)Oc1ccc(O)cc1. The average molecular weight is 209 g/mol. The number of phenols is 1. The van der Waals surface area contributed by atoms with Crippen LogP contribution < -0.4 is 10.5 Å². The van der Waals surface area contributed by atoms with Crippen LogP contribution in [0.25, 0.3) is 0 Å². The van der Waals surface area contributed by atoms with Crippen LogP contribution in [0.1, 0.15) is 20.3 Å². The highest BCUT2D eigenvalue weighted by Gasteiger charge is 2.28. The number of rotatable bonds is 3. The summed E-state index contributed by atoms with van der Waals surface area (Å²) >= 11 is 0. The van der Waals surface area contributed by atoms with E-state index in [4.69, 9.17) is 15.6 Å². The third kappa shape index (κ3) is 2.95. The Morgan fingerprint density at radius 2 is 2.00 bits per heavy atom. The second-order valence-electron chi connectivity index (χ2n) is 3.65. The van der Waals surface area contributed by atoms with Crippen LogP contribution in [-0.4, -0.2) is 16.6 Å². The highest BCUT2D eigenvalue weighted by atomic mass is 16.5. The van der Waals surface area contributed by atoms with E-state index in [1.165, 1.54) is 24.3 Å². The molecule has 82 valence electrons. The molecule has 0 heterocycles. The first-order valence-corrected chi connectivity index (χ1v) is 4.76. The van der Waals surface area contributed by atoms with Crippen molar-refractivity contribution in [2.24, 2.45) is 5.73 Å². The Morgan fingerprint density at radius 1 is 1.47 bits per heavy atom. The van der Waals surface area contributed by atoms with Gasteiger partial charge in [0.1, 0.15) is 17.0 Å². The van der Waals surface area contributed by atoms with E-state index in [0.29, 0.717) is 12.2 Å². The molecule has 1 atom stereocenters. The quantitative estimate of drug-likeness (QED) is 0.583. The maximum atomic E-state index is 11.5. The van der Waals surface area contributed by atoms with Gasteiger partial charge in [0.05, 0.1) is 0 Å². The van der Waals surface area contributed by atoms with Crippen molar-refractivity contribution in [1.29, 1.82) is 0 Å². The van der Waals surface area contributed by atoms with Crippen molar-refractivity contribution in [2.45, 2.75) is 25.8 Å². The number of aromatic hydroxyl groups is 1. The van der Waals surface area contributed by atoms with Crippen LogP contribution in [0.5, 0.6) is 11.5 Å². The Kier molecular flexibility index (Phi) is 3.31. The maximum absolute atomic E-state index is 11.5. The van der Waals surface area contributed by atoms with Crippen molar-refractivity contribution < 1.29 is 14.6 Å². The van der Waals surface area contributed by atoms with E-state index in [2.05, 4.69) is 0 Å². The van der Waals surface area contributed by atoms with Crippen molar-refractivity contribution in [3.63, 3.8) is 0 Å². The summed E-state index contributed by atoms with van der Waals surface area (Å²) in [6.07, 6.45) is 0.504. The number of carbonyl (C=O) groups is 1. The summed E-state index contributed by atoms with van der Waals surface area (Å²) in [5.74, 6) is 0.0272. The summed E-state index contributed by atoms with van der Waals surface area (Å²) < 4.78 is 5.05. The third-order valence-corrected chi connectivity index (χ3v) is 2.25. The molecule has 4 nitrogen and oxygen atoms in total. The second-order valence-corrected chi connectivity index (χ2v) is 3.65. The van der Waals surface area contributed by atoms with Gasteiger partial charge in [-0.05, 0) is 37.6 Å². The summed E-state index contributed by atoms with van der Waals surface area (Å²) in [5, 5.41) is 9.03. The van der Waals surface area contributed by atoms with Crippen LogP contribution in [0.15, 0.2) is 24.3 Å². The molecule has 0 fully saturated rings. The standard InChI is InChI=1S/C11H15NO3/c1-3-11(2,12)10(14)15-9-6-4-8(13)5-7-9/h4-7,13H,3,12H2,1-2H3. The Balaban J connectivity index is 2.71. The minimum atomic E-state index is -0.974. The number of esters is 1. The average Bonchev–Trinajstić information content (AvgIpc) is 2.21. The van der Waals surface area contributed by atoms with E-state index in [0.717, 1.165) is 0 Å². The van der Waals surface area contributed by atoms with Gasteiger partial charge in [-0.1, -0.05) is 6.92 Å². The summed E-state index contributed by atoms with van der Waals surface area (Å²) in [5.41, 5.74) is 4.74. The van der Waals surface area contributed by atoms with Gasteiger partial charge in [-0.25, -0.2) is 4.79 Å². The van der Waals surface area contributed by atoms with Gasteiger partial charge in [-0.15, -0.1) is 0 Å². The van der Waals surface area contributed by atoms with Gasteiger partial charge in [0.25, 0.3) is 0 Å². The lowest BCUT2D eigenvalue weighted by Gasteiger charge is -2.19. The van der Waals surface area contributed by atoms with Gasteiger partial charge >= 0.3 is 5.97 Å². The molecule has 0 saturated carbocycles. The minimum Gasteiger partial charge on any atom is -0.508 e. The molecule has 15 heavy (non-hydrogen) atoms. The zero-order valence-corrected chi connectivity index (χ0v) is 8.86. The van der Waals surface area contributed by atoms with Gasteiger partial charge in [0.15, 0.2) is 0 Å². The molecule has 1 unspecified atom stereocenters. The van der Waals surface area contributed by atoms with Crippen molar-refractivity contribution in [1.82, 2.24) is 0 Å². The molecule has 0 saturated heterocycles. The molecule has 0 aliphatic carbocycles. The third-order valence-electron chi connectivity index (χ3n) is 2.25. The van der Waals surface area contributed by atoms with Crippen molar-refractivity contribution in [3.05, 3.63) is 24.3 Å². The van der Waals surface area contributed by atoms with Crippen LogP contribution in [-0.2, 0) is 4.79 Å².